The molecule has 2 N–H and O–H groups in total. The molecular weight excluding hydrogens is 561 g/mol. The van der Waals surface area contributed by atoms with Crippen molar-refractivity contribution in [3.8, 4) is 0 Å². The molecule has 14 nitrogen and oxygen atoms in total. The number of ether oxygens (including phenoxy) is 5. The molecule has 0 saturated heterocycles. The van der Waals surface area contributed by atoms with Gasteiger partial charge in [-0.1, -0.05) is 60.7 Å². The SMILES string of the molecule is CCOC(=O)CN(C)C(N)=NP(=O)(OCCOC(=O)OCc1ccccc1)OCCOC(=O)OCc1ccccc1. The summed E-state index contributed by atoms with van der Waals surface area (Å²) in [6, 6.07) is 17.9. The smallest absolute Gasteiger partial charge is 0.465 e. The molecule has 0 aliphatic rings. The van der Waals surface area contributed by atoms with Gasteiger partial charge in [0.25, 0.3) is 0 Å². The van der Waals surface area contributed by atoms with Crippen LogP contribution in [-0.2, 0) is 55.3 Å². The number of rotatable bonds is 16. The summed E-state index contributed by atoms with van der Waals surface area (Å²) in [6.45, 7) is 0.0180. The van der Waals surface area contributed by atoms with Crippen LogP contribution in [0.4, 0.5) is 9.59 Å². The Kier molecular flexibility index (Phi) is 14.7. The first kappa shape index (κ1) is 33.1. The zero-order valence-electron chi connectivity index (χ0n) is 22.8. The summed E-state index contributed by atoms with van der Waals surface area (Å²) in [5.41, 5.74) is 7.40. The van der Waals surface area contributed by atoms with E-state index in [1.54, 1.807) is 55.5 Å². The molecule has 224 valence electrons. The fourth-order valence-electron chi connectivity index (χ4n) is 2.85. The summed E-state index contributed by atoms with van der Waals surface area (Å²) in [5, 5.41) is 0. The average Bonchev–Trinajstić information content (AvgIpc) is 2.96. The zero-order chi connectivity index (χ0) is 29.9. The number of nitrogens with zero attached hydrogens (tertiary/aromatic N) is 2. The lowest BCUT2D eigenvalue weighted by atomic mass is 10.2. The number of carbonyl (C=O) groups excluding carboxylic acids is 3. The number of carbonyl (C=O) groups is 3. The predicted molar refractivity (Wildman–Crippen MR) is 146 cm³/mol. The minimum absolute atomic E-state index is 0.00352. The fourth-order valence-corrected chi connectivity index (χ4v) is 4.05. The molecule has 0 bridgehead atoms. The van der Waals surface area contributed by atoms with Crippen LogP contribution in [-0.4, -0.2) is 75.8 Å². The molecule has 0 spiro atoms. The summed E-state index contributed by atoms with van der Waals surface area (Å²) in [7, 11) is -2.92. The maximum atomic E-state index is 13.3. The number of likely N-dealkylation sites (N-methyl/N-ethyl adjacent to an activating group) is 1. The van der Waals surface area contributed by atoms with Crippen LogP contribution < -0.4 is 5.73 Å². The molecule has 0 saturated carbocycles. The number of esters is 1. The molecule has 0 aliphatic heterocycles. The summed E-state index contributed by atoms with van der Waals surface area (Å²) in [4.78, 5) is 36.6. The van der Waals surface area contributed by atoms with E-state index in [-0.39, 0.29) is 45.5 Å². The maximum Gasteiger partial charge on any atom is 0.508 e. The van der Waals surface area contributed by atoms with E-state index in [4.69, 9.17) is 38.5 Å². The van der Waals surface area contributed by atoms with Gasteiger partial charge in [-0.05, 0) is 18.1 Å². The summed E-state index contributed by atoms with van der Waals surface area (Å²) in [6.07, 6.45) is -1.93. The van der Waals surface area contributed by atoms with Crippen molar-refractivity contribution in [1.29, 1.82) is 0 Å². The number of hydrogen-bond donors (Lipinski definition) is 1. The highest BCUT2D eigenvalue weighted by atomic mass is 31.2. The Morgan fingerprint density at radius 3 is 1.66 bits per heavy atom. The van der Waals surface area contributed by atoms with E-state index < -0.39 is 39.2 Å². The first-order valence-corrected chi connectivity index (χ1v) is 14.0. The van der Waals surface area contributed by atoms with Crippen LogP contribution in [0.3, 0.4) is 0 Å². The third-order valence-corrected chi connectivity index (χ3v) is 6.27. The van der Waals surface area contributed by atoms with Crippen molar-refractivity contribution in [3.63, 3.8) is 0 Å². The standard InChI is InChI=1S/C26H34N3O11P/c1-3-34-23(30)18-29(2)24(27)28-41(33,39-16-14-35-25(31)37-19-21-10-6-4-7-11-21)40-17-15-36-26(32)38-20-22-12-8-5-9-13-22/h4-13H,3,14-20H2,1-2H3,(H2,27,28,33). The molecule has 0 aromatic heterocycles. The molecule has 0 unspecified atom stereocenters. The molecule has 2 aromatic rings. The van der Waals surface area contributed by atoms with Crippen molar-refractivity contribution in [2.75, 3.05) is 46.6 Å². The average molecular weight is 596 g/mol. The number of nitrogens with two attached hydrogens (primary N) is 1. The lowest BCUT2D eigenvalue weighted by Crippen LogP contribution is -2.38. The second-order valence-corrected chi connectivity index (χ2v) is 9.65. The van der Waals surface area contributed by atoms with E-state index in [0.29, 0.717) is 0 Å². The quantitative estimate of drug-likeness (QED) is 0.0744. The van der Waals surface area contributed by atoms with Gasteiger partial charge in [0.05, 0.1) is 19.8 Å². The van der Waals surface area contributed by atoms with Crippen LogP contribution >= 0.6 is 7.75 Å². The van der Waals surface area contributed by atoms with Gasteiger partial charge in [-0.3, -0.25) is 13.8 Å². The van der Waals surface area contributed by atoms with Gasteiger partial charge in [-0.2, -0.15) is 0 Å². The topological polar surface area (TPSA) is 175 Å². The highest BCUT2D eigenvalue weighted by Gasteiger charge is 2.27. The van der Waals surface area contributed by atoms with Gasteiger partial charge in [0, 0.05) is 7.05 Å². The van der Waals surface area contributed by atoms with Crippen molar-refractivity contribution >= 4 is 32.0 Å². The van der Waals surface area contributed by atoms with Gasteiger partial charge in [0.2, 0.25) is 5.96 Å². The van der Waals surface area contributed by atoms with E-state index in [2.05, 4.69) is 4.76 Å². The van der Waals surface area contributed by atoms with Gasteiger partial charge in [0.1, 0.15) is 33.0 Å². The monoisotopic (exact) mass is 595 g/mol. The van der Waals surface area contributed by atoms with E-state index >= 15 is 0 Å². The molecule has 0 heterocycles. The maximum absolute atomic E-state index is 13.3. The lowest BCUT2D eigenvalue weighted by Gasteiger charge is -2.20. The Morgan fingerprint density at radius 2 is 1.22 bits per heavy atom. The number of hydrogen-bond acceptors (Lipinski definition) is 11. The van der Waals surface area contributed by atoms with Gasteiger partial charge < -0.3 is 34.3 Å². The van der Waals surface area contributed by atoms with Gasteiger partial charge >= 0.3 is 26.0 Å². The van der Waals surface area contributed by atoms with Gasteiger partial charge in [0.15, 0.2) is 0 Å². The molecule has 0 atom stereocenters. The zero-order valence-corrected chi connectivity index (χ0v) is 23.7. The Balaban J connectivity index is 1.86. The van der Waals surface area contributed by atoms with Crippen molar-refractivity contribution in [3.05, 3.63) is 71.8 Å². The molecule has 2 aromatic carbocycles. The van der Waals surface area contributed by atoms with Crippen LogP contribution in [0.5, 0.6) is 0 Å². The fraction of sp³-hybridized carbons (Fsp3) is 0.385. The van der Waals surface area contributed by atoms with E-state index in [1.807, 2.05) is 12.1 Å². The van der Waals surface area contributed by atoms with Crippen LogP contribution in [0.2, 0.25) is 0 Å². The molecular formula is C26H34N3O11P. The van der Waals surface area contributed by atoms with E-state index in [0.717, 1.165) is 11.1 Å². The summed E-state index contributed by atoms with van der Waals surface area (Å²) in [5.74, 6) is -0.942. The molecule has 0 fully saturated rings. The highest BCUT2D eigenvalue weighted by Crippen LogP contribution is 2.49. The van der Waals surface area contributed by atoms with Crippen molar-refractivity contribution < 1.29 is 51.7 Å². The second-order valence-electron chi connectivity index (χ2n) is 8.00. The second kappa shape index (κ2) is 18.3. The van der Waals surface area contributed by atoms with Crippen molar-refractivity contribution in [1.82, 2.24) is 4.90 Å². The van der Waals surface area contributed by atoms with Crippen molar-refractivity contribution in [2.24, 2.45) is 10.5 Å². The molecule has 0 amide bonds. The van der Waals surface area contributed by atoms with Crippen LogP contribution in [0.25, 0.3) is 0 Å². The Labute approximate surface area is 237 Å². The van der Waals surface area contributed by atoms with Crippen LogP contribution in [0, 0.1) is 0 Å². The van der Waals surface area contributed by atoms with Gasteiger partial charge in [-0.15, -0.1) is 4.76 Å². The Hall–Kier alpha value is -4.13. The first-order chi connectivity index (χ1) is 19.7. The largest absolute Gasteiger partial charge is 0.508 e. The normalized spacial score (nSPS) is 11.3. The lowest BCUT2D eigenvalue weighted by molar-refractivity contribution is -0.143. The van der Waals surface area contributed by atoms with Crippen LogP contribution in [0.15, 0.2) is 65.4 Å². The molecule has 15 heteroatoms. The summed E-state index contributed by atoms with van der Waals surface area (Å²) < 4.78 is 52.2. The van der Waals surface area contributed by atoms with Crippen molar-refractivity contribution in [2.45, 2.75) is 20.1 Å². The highest BCUT2D eigenvalue weighted by molar-refractivity contribution is 7.52. The third kappa shape index (κ3) is 14.2. The molecule has 0 radical (unpaired) electrons. The molecule has 2 rings (SSSR count). The minimum Gasteiger partial charge on any atom is -0.465 e. The number of guanidine groups is 1. The Morgan fingerprint density at radius 1 is 0.756 bits per heavy atom. The van der Waals surface area contributed by atoms with E-state index in [1.165, 1.54) is 11.9 Å². The minimum atomic E-state index is -4.33. The number of benzene rings is 2. The van der Waals surface area contributed by atoms with Crippen LogP contribution in [0.1, 0.15) is 18.1 Å². The molecule has 0 aliphatic carbocycles. The summed E-state index contributed by atoms with van der Waals surface area (Å²) >= 11 is 0. The Bertz CT molecular complexity index is 1100. The predicted octanol–water partition coefficient (Wildman–Crippen LogP) is 3.64. The van der Waals surface area contributed by atoms with Gasteiger partial charge in [-0.25, -0.2) is 14.2 Å². The first-order valence-electron chi connectivity index (χ1n) is 12.5. The van der Waals surface area contributed by atoms with E-state index in [9.17, 15) is 18.9 Å². The third-order valence-electron chi connectivity index (χ3n) is 4.80. The molecule has 41 heavy (non-hydrogen) atoms.